The maximum Gasteiger partial charge on any atom is 0.267 e. The molecule has 0 radical (unpaired) electrons. The van der Waals surface area contributed by atoms with Gasteiger partial charge in [-0.15, -0.1) is 11.3 Å². The van der Waals surface area contributed by atoms with E-state index in [-0.39, 0.29) is 35.9 Å². The summed E-state index contributed by atoms with van der Waals surface area (Å²) >= 11 is 1.58. The molecule has 31 heavy (non-hydrogen) atoms. The van der Waals surface area contributed by atoms with Gasteiger partial charge in [0.25, 0.3) is 11.5 Å². The first kappa shape index (κ1) is 19.7. The highest BCUT2D eigenvalue weighted by Crippen LogP contribution is 2.29. The lowest BCUT2D eigenvalue weighted by molar-refractivity contribution is -0.133. The summed E-state index contributed by atoms with van der Waals surface area (Å²) in [6.07, 6.45) is 1.82. The van der Waals surface area contributed by atoms with Gasteiger partial charge in [0.2, 0.25) is 5.91 Å². The molecule has 2 amide bonds. The Hall–Kier alpha value is -3.26. The summed E-state index contributed by atoms with van der Waals surface area (Å²) in [5, 5.41) is 9.49. The van der Waals surface area contributed by atoms with Gasteiger partial charge in [0.05, 0.1) is 23.4 Å². The standard InChI is InChI=1S/C23H22N4O3S/c28-21-10-9-18(20-8-4-12-31-20)25-27(21)15-5-3-11-26(14-15)22(29)13-19-16-6-1-2-7-17(16)23(30)24-19/h1-2,4,6-10,12,15,19H,3,5,11,13-14H2,(H,24,30)/t15-,19+/m1/s1. The van der Waals surface area contributed by atoms with Gasteiger partial charge in [-0.2, -0.15) is 5.10 Å². The Kier molecular flexibility index (Phi) is 5.15. The second kappa shape index (κ2) is 8.11. The van der Waals surface area contributed by atoms with Crippen LogP contribution in [0.5, 0.6) is 0 Å². The van der Waals surface area contributed by atoms with E-state index in [1.807, 2.05) is 35.7 Å². The van der Waals surface area contributed by atoms with Crippen LogP contribution in [0.25, 0.3) is 10.6 Å². The molecule has 5 rings (SSSR count). The number of carbonyl (C=O) groups excluding carboxylic acids is 2. The molecular formula is C23H22N4O3S. The number of carbonyl (C=O) groups is 2. The maximum absolute atomic E-state index is 13.1. The molecule has 3 aromatic rings. The number of aromatic nitrogens is 2. The van der Waals surface area contributed by atoms with Crippen molar-refractivity contribution in [2.75, 3.05) is 13.1 Å². The molecule has 0 bridgehead atoms. The first-order valence-electron chi connectivity index (χ1n) is 10.4. The molecule has 1 aromatic carbocycles. The summed E-state index contributed by atoms with van der Waals surface area (Å²) in [7, 11) is 0. The Morgan fingerprint density at radius 3 is 2.84 bits per heavy atom. The number of hydrogen-bond donors (Lipinski definition) is 1. The minimum atomic E-state index is -0.306. The summed E-state index contributed by atoms with van der Waals surface area (Å²) < 4.78 is 1.53. The molecule has 8 heteroatoms. The van der Waals surface area contributed by atoms with E-state index < -0.39 is 0 Å². The van der Waals surface area contributed by atoms with Crippen molar-refractivity contribution < 1.29 is 9.59 Å². The molecule has 2 aromatic heterocycles. The number of nitrogens with zero attached hydrogens (tertiary/aromatic N) is 3. The Morgan fingerprint density at radius 1 is 1.13 bits per heavy atom. The van der Waals surface area contributed by atoms with Gasteiger partial charge in [0.15, 0.2) is 0 Å². The topological polar surface area (TPSA) is 84.3 Å². The third kappa shape index (κ3) is 3.79. The Bertz CT molecular complexity index is 1190. The zero-order chi connectivity index (χ0) is 21.4. The second-order valence-electron chi connectivity index (χ2n) is 7.93. The number of hydrogen-bond acceptors (Lipinski definition) is 5. The van der Waals surface area contributed by atoms with Crippen LogP contribution >= 0.6 is 11.3 Å². The first-order chi connectivity index (χ1) is 15.1. The van der Waals surface area contributed by atoms with Crippen LogP contribution in [0.1, 0.15) is 47.3 Å². The van der Waals surface area contributed by atoms with Crippen LogP contribution in [0.3, 0.4) is 0 Å². The van der Waals surface area contributed by atoms with Crippen LogP contribution in [0, 0.1) is 0 Å². The van der Waals surface area contributed by atoms with Crippen molar-refractivity contribution in [1.29, 1.82) is 0 Å². The van der Waals surface area contributed by atoms with E-state index in [2.05, 4.69) is 10.4 Å². The smallest absolute Gasteiger partial charge is 0.267 e. The zero-order valence-electron chi connectivity index (χ0n) is 16.9. The second-order valence-corrected chi connectivity index (χ2v) is 8.88. The molecule has 2 aliphatic heterocycles. The quantitative estimate of drug-likeness (QED) is 0.684. The highest BCUT2D eigenvalue weighted by molar-refractivity contribution is 7.13. The number of likely N-dealkylation sites (tertiary alicyclic amines) is 1. The van der Waals surface area contributed by atoms with Gasteiger partial charge in [0.1, 0.15) is 5.69 Å². The molecule has 4 heterocycles. The van der Waals surface area contributed by atoms with Gasteiger partial charge in [-0.3, -0.25) is 14.4 Å². The van der Waals surface area contributed by atoms with Gasteiger partial charge in [-0.05, 0) is 42.0 Å². The molecule has 0 saturated carbocycles. The molecule has 1 saturated heterocycles. The lowest BCUT2D eigenvalue weighted by atomic mass is 10.0. The molecule has 1 N–H and O–H groups in total. The van der Waals surface area contributed by atoms with Crippen LogP contribution in [0.4, 0.5) is 0 Å². The van der Waals surface area contributed by atoms with Crippen molar-refractivity contribution >= 4 is 23.2 Å². The molecular weight excluding hydrogens is 412 g/mol. The van der Waals surface area contributed by atoms with Crippen molar-refractivity contribution in [2.45, 2.75) is 31.3 Å². The monoisotopic (exact) mass is 434 g/mol. The molecule has 158 valence electrons. The Labute approximate surface area is 183 Å². The fourth-order valence-electron chi connectivity index (χ4n) is 4.41. The molecule has 2 atom stereocenters. The van der Waals surface area contributed by atoms with E-state index in [4.69, 9.17) is 0 Å². The third-order valence-corrected chi connectivity index (χ3v) is 6.85. The number of piperidine rings is 1. The van der Waals surface area contributed by atoms with Gasteiger partial charge >= 0.3 is 0 Å². The zero-order valence-corrected chi connectivity index (χ0v) is 17.7. The Balaban J connectivity index is 1.32. The predicted octanol–water partition coefficient (Wildman–Crippen LogP) is 3.01. The van der Waals surface area contributed by atoms with E-state index in [0.29, 0.717) is 18.7 Å². The van der Waals surface area contributed by atoms with Gasteiger partial charge < -0.3 is 10.2 Å². The SMILES string of the molecule is O=C1N[C@@H](CC(=O)N2CCC[C@@H](n3nc(-c4cccs4)ccc3=O)C2)c2ccccc21. The number of rotatable bonds is 4. The van der Waals surface area contributed by atoms with Crippen molar-refractivity contribution in [1.82, 2.24) is 20.0 Å². The average Bonchev–Trinajstić information content (AvgIpc) is 3.43. The van der Waals surface area contributed by atoms with Crippen LogP contribution in [-0.2, 0) is 4.79 Å². The minimum absolute atomic E-state index is 0.0193. The predicted molar refractivity (Wildman–Crippen MR) is 118 cm³/mol. The van der Waals surface area contributed by atoms with E-state index in [9.17, 15) is 14.4 Å². The third-order valence-electron chi connectivity index (χ3n) is 5.96. The highest BCUT2D eigenvalue weighted by Gasteiger charge is 2.33. The fraction of sp³-hybridized carbons (Fsp3) is 0.304. The summed E-state index contributed by atoms with van der Waals surface area (Å²) in [4.78, 5) is 40.5. The number of fused-ring (bicyclic) bond motifs is 1. The van der Waals surface area contributed by atoms with E-state index in [0.717, 1.165) is 29.0 Å². The van der Waals surface area contributed by atoms with Gasteiger partial charge in [0, 0.05) is 24.7 Å². The van der Waals surface area contributed by atoms with E-state index in [1.54, 1.807) is 34.4 Å². The van der Waals surface area contributed by atoms with Crippen molar-refractivity contribution in [3.05, 3.63) is 75.4 Å². The lowest BCUT2D eigenvalue weighted by Gasteiger charge is -2.33. The summed E-state index contributed by atoms with van der Waals surface area (Å²) in [6.45, 7) is 1.10. The molecule has 0 unspecified atom stereocenters. The Morgan fingerprint density at radius 2 is 2.00 bits per heavy atom. The van der Waals surface area contributed by atoms with Crippen LogP contribution in [-0.4, -0.2) is 39.6 Å². The highest BCUT2D eigenvalue weighted by atomic mass is 32.1. The van der Waals surface area contributed by atoms with Crippen LogP contribution in [0.2, 0.25) is 0 Å². The van der Waals surface area contributed by atoms with Crippen LogP contribution in [0.15, 0.2) is 58.7 Å². The molecule has 1 fully saturated rings. The van der Waals surface area contributed by atoms with E-state index in [1.165, 1.54) is 4.68 Å². The van der Waals surface area contributed by atoms with Gasteiger partial charge in [-0.1, -0.05) is 24.3 Å². The largest absolute Gasteiger partial charge is 0.345 e. The number of benzene rings is 1. The summed E-state index contributed by atoms with van der Waals surface area (Å²) in [6, 6.07) is 14.2. The van der Waals surface area contributed by atoms with Crippen molar-refractivity contribution in [3.63, 3.8) is 0 Å². The van der Waals surface area contributed by atoms with E-state index >= 15 is 0 Å². The fourth-order valence-corrected chi connectivity index (χ4v) is 5.10. The number of amides is 2. The lowest BCUT2D eigenvalue weighted by Crippen LogP contribution is -2.44. The molecule has 7 nitrogen and oxygen atoms in total. The minimum Gasteiger partial charge on any atom is -0.345 e. The molecule has 0 spiro atoms. The summed E-state index contributed by atoms with van der Waals surface area (Å²) in [5.41, 5.74) is 2.12. The maximum atomic E-state index is 13.1. The number of thiophene rings is 1. The average molecular weight is 435 g/mol. The van der Waals surface area contributed by atoms with Crippen LogP contribution < -0.4 is 10.9 Å². The molecule has 2 aliphatic rings. The van der Waals surface area contributed by atoms with Gasteiger partial charge in [-0.25, -0.2) is 4.68 Å². The first-order valence-corrected chi connectivity index (χ1v) is 11.3. The molecule has 0 aliphatic carbocycles. The normalized spacial score (nSPS) is 20.4. The number of nitrogens with one attached hydrogen (secondary N) is 1. The van der Waals surface area contributed by atoms with Crippen molar-refractivity contribution in [3.8, 4) is 10.6 Å². The van der Waals surface area contributed by atoms with Crippen molar-refractivity contribution in [2.24, 2.45) is 0 Å². The summed E-state index contributed by atoms with van der Waals surface area (Å²) in [5.74, 6) is -0.153.